The molecule has 3 aromatic carbocycles. The fourth-order valence-corrected chi connectivity index (χ4v) is 6.14. The SMILES string of the molecule is O=C(Nc1ccc(SC(C(=O)Nc2nc(-c3ccccc3Cl)cs2)c2ccccc2)cc1)c1cccs1. The number of nitrogens with zero attached hydrogens (tertiary/aromatic N) is 1. The van der Waals surface area contributed by atoms with Crippen molar-refractivity contribution in [3.63, 3.8) is 0 Å². The summed E-state index contributed by atoms with van der Waals surface area (Å²) in [7, 11) is 0. The number of hydrogen-bond donors (Lipinski definition) is 2. The summed E-state index contributed by atoms with van der Waals surface area (Å²) < 4.78 is 0. The van der Waals surface area contributed by atoms with E-state index in [1.807, 2.05) is 95.7 Å². The molecule has 0 fully saturated rings. The van der Waals surface area contributed by atoms with Gasteiger partial charge in [0.2, 0.25) is 5.91 Å². The molecule has 5 nitrogen and oxygen atoms in total. The summed E-state index contributed by atoms with van der Waals surface area (Å²) in [5, 5.41) is 10.2. The number of aromatic nitrogens is 1. The van der Waals surface area contributed by atoms with Gasteiger partial charge in [0.25, 0.3) is 5.91 Å². The molecule has 0 aliphatic rings. The van der Waals surface area contributed by atoms with E-state index >= 15 is 0 Å². The molecule has 2 heterocycles. The Balaban J connectivity index is 1.31. The first-order valence-corrected chi connectivity index (χ1v) is 14.3. The average Bonchev–Trinajstić information content (AvgIpc) is 3.62. The molecule has 0 bridgehead atoms. The van der Waals surface area contributed by atoms with Crippen LogP contribution in [0.25, 0.3) is 11.3 Å². The van der Waals surface area contributed by atoms with Crippen LogP contribution < -0.4 is 10.6 Å². The molecule has 184 valence electrons. The maximum Gasteiger partial charge on any atom is 0.265 e. The third kappa shape index (κ3) is 6.29. The number of anilines is 2. The fourth-order valence-electron chi connectivity index (χ4n) is 3.55. The van der Waals surface area contributed by atoms with Crippen molar-refractivity contribution < 1.29 is 9.59 Å². The van der Waals surface area contributed by atoms with E-state index in [-0.39, 0.29) is 11.8 Å². The number of nitrogens with one attached hydrogen (secondary N) is 2. The first-order chi connectivity index (χ1) is 18.1. The predicted molar refractivity (Wildman–Crippen MR) is 155 cm³/mol. The van der Waals surface area contributed by atoms with Crippen molar-refractivity contribution >= 4 is 68.7 Å². The van der Waals surface area contributed by atoms with E-state index in [1.165, 1.54) is 34.4 Å². The van der Waals surface area contributed by atoms with E-state index in [4.69, 9.17) is 11.6 Å². The van der Waals surface area contributed by atoms with E-state index in [0.29, 0.717) is 20.7 Å². The van der Waals surface area contributed by atoms with Crippen LogP contribution in [-0.4, -0.2) is 16.8 Å². The van der Waals surface area contributed by atoms with Crippen molar-refractivity contribution in [3.8, 4) is 11.3 Å². The third-order valence-electron chi connectivity index (χ3n) is 5.34. The lowest BCUT2D eigenvalue weighted by molar-refractivity contribution is -0.115. The Labute approximate surface area is 231 Å². The molecule has 1 atom stereocenters. The van der Waals surface area contributed by atoms with E-state index in [1.54, 1.807) is 6.07 Å². The molecule has 2 aromatic heterocycles. The summed E-state index contributed by atoms with van der Waals surface area (Å²) in [6.45, 7) is 0. The molecular weight excluding hydrogens is 542 g/mol. The topological polar surface area (TPSA) is 71.1 Å². The molecule has 2 N–H and O–H groups in total. The molecule has 5 rings (SSSR count). The molecule has 0 aliphatic carbocycles. The molecule has 0 saturated carbocycles. The van der Waals surface area contributed by atoms with Crippen molar-refractivity contribution in [3.05, 3.63) is 117 Å². The highest BCUT2D eigenvalue weighted by molar-refractivity contribution is 8.00. The van der Waals surface area contributed by atoms with E-state index in [0.717, 1.165) is 21.7 Å². The van der Waals surface area contributed by atoms with Gasteiger partial charge >= 0.3 is 0 Å². The van der Waals surface area contributed by atoms with Crippen LogP contribution in [0.15, 0.2) is 107 Å². The summed E-state index contributed by atoms with van der Waals surface area (Å²) >= 11 is 10.5. The van der Waals surface area contributed by atoms with Crippen molar-refractivity contribution in [2.24, 2.45) is 0 Å². The Kier molecular flexibility index (Phi) is 8.01. The summed E-state index contributed by atoms with van der Waals surface area (Å²) in [5.41, 5.74) is 3.11. The zero-order chi connectivity index (χ0) is 25.6. The van der Waals surface area contributed by atoms with Gasteiger partial charge < -0.3 is 10.6 Å². The van der Waals surface area contributed by atoms with Crippen LogP contribution in [0.2, 0.25) is 5.02 Å². The predicted octanol–water partition coefficient (Wildman–Crippen LogP) is 8.25. The summed E-state index contributed by atoms with van der Waals surface area (Å²) in [6, 6.07) is 28.2. The molecule has 0 radical (unpaired) electrons. The molecule has 0 aliphatic heterocycles. The van der Waals surface area contributed by atoms with Gasteiger partial charge in [0, 0.05) is 26.5 Å². The number of thiazole rings is 1. The van der Waals surface area contributed by atoms with Crippen LogP contribution in [0.1, 0.15) is 20.5 Å². The van der Waals surface area contributed by atoms with Gasteiger partial charge in [0.05, 0.1) is 10.6 Å². The molecule has 37 heavy (non-hydrogen) atoms. The lowest BCUT2D eigenvalue weighted by Gasteiger charge is -2.16. The van der Waals surface area contributed by atoms with Crippen LogP contribution in [0.5, 0.6) is 0 Å². The molecular formula is C28H20ClN3O2S3. The number of thioether (sulfide) groups is 1. The lowest BCUT2D eigenvalue weighted by atomic mass is 10.1. The van der Waals surface area contributed by atoms with Gasteiger partial charge in [-0.15, -0.1) is 34.4 Å². The standard InChI is InChI=1S/C28H20ClN3O2S3/c29-22-10-5-4-9-21(22)23-17-36-28(31-23)32-27(34)25(18-7-2-1-3-8-18)37-20-14-12-19(13-15-20)30-26(33)24-11-6-16-35-24/h1-17,25H,(H,30,33)(H,31,32,34). The Morgan fingerprint density at radius 2 is 1.59 bits per heavy atom. The van der Waals surface area contributed by atoms with Crippen molar-refractivity contribution in [2.45, 2.75) is 10.1 Å². The van der Waals surface area contributed by atoms with Gasteiger partial charge in [-0.25, -0.2) is 4.98 Å². The van der Waals surface area contributed by atoms with Crippen molar-refractivity contribution in [2.75, 3.05) is 10.6 Å². The van der Waals surface area contributed by atoms with E-state index in [9.17, 15) is 9.59 Å². The number of rotatable bonds is 8. The summed E-state index contributed by atoms with van der Waals surface area (Å²) in [5.74, 6) is -0.317. The average molecular weight is 562 g/mol. The van der Waals surface area contributed by atoms with Crippen LogP contribution in [0, 0.1) is 0 Å². The quantitative estimate of drug-likeness (QED) is 0.187. The molecule has 0 spiro atoms. The highest BCUT2D eigenvalue weighted by Gasteiger charge is 2.23. The Morgan fingerprint density at radius 3 is 2.32 bits per heavy atom. The van der Waals surface area contributed by atoms with Crippen LogP contribution >= 0.6 is 46.0 Å². The highest BCUT2D eigenvalue weighted by atomic mass is 35.5. The van der Waals surface area contributed by atoms with Gasteiger partial charge in [-0.3, -0.25) is 9.59 Å². The molecule has 1 unspecified atom stereocenters. The number of carbonyl (C=O) groups is 2. The summed E-state index contributed by atoms with van der Waals surface area (Å²) in [4.78, 5) is 31.9. The second-order valence-electron chi connectivity index (χ2n) is 7.87. The molecule has 2 amide bonds. The maximum absolute atomic E-state index is 13.4. The van der Waals surface area contributed by atoms with Gasteiger partial charge in [-0.05, 0) is 47.3 Å². The third-order valence-corrected chi connectivity index (χ3v) is 8.56. The minimum absolute atomic E-state index is 0.142. The Hall–Kier alpha value is -3.43. The van der Waals surface area contributed by atoms with Gasteiger partial charge in [0.15, 0.2) is 5.13 Å². The van der Waals surface area contributed by atoms with Gasteiger partial charge in [0.1, 0.15) is 5.25 Å². The zero-order valence-electron chi connectivity index (χ0n) is 19.3. The van der Waals surface area contributed by atoms with Gasteiger partial charge in [-0.1, -0.05) is 66.2 Å². The largest absolute Gasteiger partial charge is 0.321 e. The zero-order valence-corrected chi connectivity index (χ0v) is 22.5. The van der Waals surface area contributed by atoms with Crippen LogP contribution in [-0.2, 0) is 4.79 Å². The van der Waals surface area contributed by atoms with E-state index in [2.05, 4.69) is 15.6 Å². The summed E-state index contributed by atoms with van der Waals surface area (Å²) in [6.07, 6.45) is 0. The van der Waals surface area contributed by atoms with Crippen molar-refractivity contribution in [1.29, 1.82) is 0 Å². The molecule has 9 heteroatoms. The smallest absolute Gasteiger partial charge is 0.265 e. The van der Waals surface area contributed by atoms with Crippen molar-refractivity contribution in [1.82, 2.24) is 4.98 Å². The first-order valence-electron chi connectivity index (χ1n) is 11.2. The maximum atomic E-state index is 13.4. The minimum Gasteiger partial charge on any atom is -0.321 e. The number of hydrogen-bond acceptors (Lipinski definition) is 6. The Morgan fingerprint density at radius 1 is 0.838 bits per heavy atom. The number of carbonyl (C=O) groups excluding carboxylic acids is 2. The first kappa shape index (κ1) is 25.2. The van der Waals surface area contributed by atoms with Crippen LogP contribution in [0.4, 0.5) is 10.8 Å². The number of thiophene rings is 1. The minimum atomic E-state index is -0.500. The van der Waals surface area contributed by atoms with E-state index < -0.39 is 5.25 Å². The normalized spacial score (nSPS) is 11.6. The monoisotopic (exact) mass is 561 g/mol. The number of amides is 2. The highest BCUT2D eigenvalue weighted by Crippen LogP contribution is 2.37. The molecule has 5 aromatic rings. The van der Waals surface area contributed by atoms with Gasteiger partial charge in [-0.2, -0.15) is 0 Å². The second kappa shape index (κ2) is 11.7. The second-order valence-corrected chi connectivity index (χ2v) is 11.3. The number of benzene rings is 3. The lowest BCUT2D eigenvalue weighted by Crippen LogP contribution is -2.19. The van der Waals surface area contributed by atoms with Crippen LogP contribution in [0.3, 0.4) is 0 Å². The Bertz CT molecular complexity index is 1500. The fraction of sp³-hybridized carbons (Fsp3) is 0.0357. The molecule has 0 saturated heterocycles. The number of halogens is 1.